The maximum atomic E-state index is 13.7. The van der Waals surface area contributed by atoms with E-state index in [0.717, 1.165) is 16.6 Å². The van der Waals surface area contributed by atoms with E-state index in [-0.39, 0.29) is 23.8 Å². The maximum absolute atomic E-state index is 13.7. The SMILES string of the molecule is CCCNC(=O)[C@@H](CC)N(Cc1ccc(OC)cc1)C(=O)CN(c1cc([N+](=O)[O-])ccc1C)S(C)(=O)=O. The molecule has 0 bridgehead atoms. The molecule has 1 atom stereocenters. The zero-order chi connectivity index (χ0) is 27.8. The molecule has 2 amide bonds. The topological polar surface area (TPSA) is 139 Å². The monoisotopic (exact) mass is 534 g/mol. The number of nitrogens with zero attached hydrogens (tertiary/aromatic N) is 3. The second kappa shape index (κ2) is 13.0. The van der Waals surface area contributed by atoms with Gasteiger partial charge in [0.2, 0.25) is 21.8 Å². The molecule has 0 radical (unpaired) electrons. The highest BCUT2D eigenvalue weighted by Gasteiger charge is 2.32. The summed E-state index contributed by atoms with van der Waals surface area (Å²) in [6.07, 6.45) is 1.94. The number of anilines is 1. The lowest BCUT2D eigenvalue weighted by Crippen LogP contribution is -2.52. The third-order valence-electron chi connectivity index (χ3n) is 5.80. The summed E-state index contributed by atoms with van der Waals surface area (Å²) >= 11 is 0. The molecule has 2 rings (SSSR count). The van der Waals surface area contributed by atoms with Crippen molar-refractivity contribution in [3.8, 4) is 5.75 Å². The van der Waals surface area contributed by atoms with Gasteiger partial charge in [-0.15, -0.1) is 0 Å². The fourth-order valence-electron chi connectivity index (χ4n) is 3.79. The predicted octanol–water partition coefficient (Wildman–Crippen LogP) is 3.01. The van der Waals surface area contributed by atoms with Crippen molar-refractivity contribution in [2.45, 2.75) is 46.2 Å². The van der Waals surface area contributed by atoms with Crippen molar-refractivity contribution in [3.63, 3.8) is 0 Å². The molecule has 37 heavy (non-hydrogen) atoms. The van der Waals surface area contributed by atoms with Crippen LogP contribution in [-0.2, 0) is 26.2 Å². The summed E-state index contributed by atoms with van der Waals surface area (Å²) in [6, 6.07) is 9.94. The van der Waals surface area contributed by atoms with E-state index in [9.17, 15) is 28.1 Å². The molecular formula is C25H34N4O7S. The van der Waals surface area contributed by atoms with Crippen LogP contribution < -0.4 is 14.4 Å². The molecule has 1 N–H and O–H groups in total. The molecule has 11 nitrogen and oxygen atoms in total. The minimum absolute atomic E-state index is 0.0259. The van der Waals surface area contributed by atoms with E-state index in [1.54, 1.807) is 38.1 Å². The summed E-state index contributed by atoms with van der Waals surface area (Å²) in [5.74, 6) is -0.340. The van der Waals surface area contributed by atoms with Crippen LogP contribution >= 0.6 is 0 Å². The Hall–Kier alpha value is -3.67. The third-order valence-corrected chi connectivity index (χ3v) is 6.93. The van der Waals surface area contributed by atoms with Crippen LogP contribution in [0.25, 0.3) is 0 Å². The minimum Gasteiger partial charge on any atom is -0.497 e. The van der Waals surface area contributed by atoms with E-state index in [1.165, 1.54) is 24.1 Å². The first-order chi connectivity index (χ1) is 17.4. The number of methoxy groups -OCH3 is 1. The summed E-state index contributed by atoms with van der Waals surface area (Å²) in [5.41, 5.74) is 0.881. The number of hydrogen-bond acceptors (Lipinski definition) is 7. The average molecular weight is 535 g/mol. The van der Waals surface area contributed by atoms with Crippen LogP contribution in [0.2, 0.25) is 0 Å². The lowest BCUT2D eigenvalue weighted by atomic mass is 10.1. The summed E-state index contributed by atoms with van der Waals surface area (Å²) in [7, 11) is -2.48. The highest BCUT2D eigenvalue weighted by atomic mass is 32.2. The Morgan fingerprint density at radius 2 is 1.78 bits per heavy atom. The van der Waals surface area contributed by atoms with Crippen molar-refractivity contribution in [2.24, 2.45) is 0 Å². The Labute approximate surface area is 217 Å². The lowest BCUT2D eigenvalue weighted by molar-refractivity contribution is -0.384. The zero-order valence-electron chi connectivity index (χ0n) is 21.8. The van der Waals surface area contributed by atoms with E-state index in [4.69, 9.17) is 4.74 Å². The van der Waals surface area contributed by atoms with Gasteiger partial charge >= 0.3 is 0 Å². The van der Waals surface area contributed by atoms with Gasteiger partial charge < -0.3 is 15.0 Å². The van der Waals surface area contributed by atoms with Gasteiger partial charge in [-0.2, -0.15) is 0 Å². The molecule has 0 aliphatic carbocycles. The van der Waals surface area contributed by atoms with Gasteiger partial charge in [-0.3, -0.25) is 24.0 Å². The van der Waals surface area contributed by atoms with Gasteiger partial charge in [0.05, 0.1) is 24.0 Å². The first-order valence-electron chi connectivity index (χ1n) is 11.9. The molecule has 2 aromatic carbocycles. The van der Waals surface area contributed by atoms with Crippen LogP contribution in [0.15, 0.2) is 42.5 Å². The van der Waals surface area contributed by atoms with Crippen LogP contribution in [-0.4, -0.2) is 62.6 Å². The Kier molecular flexibility index (Phi) is 10.4. The fourth-order valence-corrected chi connectivity index (χ4v) is 4.69. The van der Waals surface area contributed by atoms with Gasteiger partial charge in [0.1, 0.15) is 18.3 Å². The molecule has 0 heterocycles. The van der Waals surface area contributed by atoms with Gasteiger partial charge in [-0.25, -0.2) is 8.42 Å². The zero-order valence-corrected chi connectivity index (χ0v) is 22.6. The first kappa shape index (κ1) is 29.6. The quantitative estimate of drug-likeness (QED) is 0.308. The number of nitro benzene ring substituents is 1. The Balaban J connectivity index is 2.50. The van der Waals surface area contributed by atoms with Crippen molar-refractivity contribution >= 4 is 33.2 Å². The number of hydrogen-bond donors (Lipinski definition) is 1. The number of nitro groups is 1. The van der Waals surface area contributed by atoms with E-state index in [0.29, 0.717) is 36.3 Å². The molecule has 0 aliphatic heterocycles. The van der Waals surface area contributed by atoms with Crippen molar-refractivity contribution < 1.29 is 27.7 Å². The molecule has 2 aromatic rings. The number of ether oxygens (including phenoxy) is 1. The minimum atomic E-state index is -4.01. The standard InChI is InChI=1S/C25H34N4O7S/c1-6-14-26-25(31)22(7-2)27(16-19-9-12-21(36-4)13-10-19)24(30)17-28(37(5,34)35)23-15-20(29(32)33)11-8-18(23)3/h8-13,15,22H,6-7,14,16-17H2,1-5H3,(H,26,31)/t22-/m1/s1. The number of sulfonamides is 1. The van der Waals surface area contributed by atoms with Crippen molar-refractivity contribution in [3.05, 3.63) is 63.7 Å². The van der Waals surface area contributed by atoms with Crippen molar-refractivity contribution in [1.82, 2.24) is 10.2 Å². The average Bonchev–Trinajstić information content (AvgIpc) is 2.85. The fraction of sp³-hybridized carbons (Fsp3) is 0.440. The van der Waals surface area contributed by atoms with E-state index in [1.807, 2.05) is 6.92 Å². The Morgan fingerprint density at radius 1 is 1.14 bits per heavy atom. The maximum Gasteiger partial charge on any atom is 0.271 e. The summed E-state index contributed by atoms with van der Waals surface area (Å²) in [6.45, 7) is 5.13. The molecular weight excluding hydrogens is 500 g/mol. The number of non-ortho nitro benzene ring substituents is 1. The highest BCUT2D eigenvalue weighted by molar-refractivity contribution is 7.92. The van der Waals surface area contributed by atoms with Crippen LogP contribution in [0.1, 0.15) is 37.8 Å². The summed E-state index contributed by atoms with van der Waals surface area (Å²) in [4.78, 5) is 38.7. The van der Waals surface area contributed by atoms with Gasteiger partial charge in [-0.1, -0.05) is 32.0 Å². The van der Waals surface area contributed by atoms with Crippen molar-refractivity contribution in [1.29, 1.82) is 0 Å². The van der Waals surface area contributed by atoms with Crippen molar-refractivity contribution in [2.75, 3.05) is 30.8 Å². The van der Waals surface area contributed by atoms with E-state index in [2.05, 4.69) is 5.32 Å². The lowest BCUT2D eigenvalue weighted by Gasteiger charge is -2.33. The molecule has 0 saturated carbocycles. The van der Waals surface area contributed by atoms with E-state index < -0.39 is 33.4 Å². The number of rotatable bonds is 13. The Bertz CT molecular complexity index is 1220. The molecule has 0 aromatic heterocycles. The number of benzene rings is 2. The van der Waals surface area contributed by atoms with Crippen LogP contribution in [0.5, 0.6) is 5.75 Å². The normalized spacial score (nSPS) is 11.9. The molecule has 0 aliphatic rings. The Morgan fingerprint density at radius 3 is 2.30 bits per heavy atom. The number of nitrogens with one attached hydrogen (secondary N) is 1. The van der Waals surface area contributed by atoms with Crippen LogP contribution in [0, 0.1) is 17.0 Å². The molecule has 202 valence electrons. The first-order valence-corrected chi connectivity index (χ1v) is 13.7. The third kappa shape index (κ3) is 7.91. The second-order valence-electron chi connectivity index (χ2n) is 8.58. The summed E-state index contributed by atoms with van der Waals surface area (Å²) in [5, 5.41) is 14.1. The number of aryl methyl sites for hydroxylation is 1. The van der Waals surface area contributed by atoms with Gasteiger partial charge in [-0.05, 0) is 43.0 Å². The molecule has 0 spiro atoms. The van der Waals surface area contributed by atoms with Crippen LogP contribution in [0.3, 0.4) is 0 Å². The van der Waals surface area contributed by atoms with Gasteiger partial charge in [0.25, 0.3) is 5.69 Å². The van der Waals surface area contributed by atoms with Crippen LogP contribution in [0.4, 0.5) is 11.4 Å². The smallest absolute Gasteiger partial charge is 0.271 e. The molecule has 0 saturated heterocycles. The molecule has 0 unspecified atom stereocenters. The highest BCUT2D eigenvalue weighted by Crippen LogP contribution is 2.28. The second-order valence-corrected chi connectivity index (χ2v) is 10.5. The number of amides is 2. The molecule has 0 fully saturated rings. The number of carbonyl (C=O) groups is 2. The summed E-state index contributed by atoms with van der Waals surface area (Å²) < 4.78 is 31.5. The predicted molar refractivity (Wildman–Crippen MR) is 141 cm³/mol. The van der Waals surface area contributed by atoms with E-state index >= 15 is 0 Å². The number of carbonyl (C=O) groups excluding carboxylic acids is 2. The van der Waals surface area contributed by atoms with Gasteiger partial charge in [0, 0.05) is 25.2 Å². The largest absolute Gasteiger partial charge is 0.497 e. The van der Waals surface area contributed by atoms with Gasteiger partial charge in [0.15, 0.2) is 0 Å². The molecule has 12 heteroatoms.